The monoisotopic (exact) mass is 260 g/mol. The molecule has 0 spiro atoms. The van der Waals surface area contributed by atoms with Gasteiger partial charge in [-0.05, 0) is 48.9 Å². The summed E-state index contributed by atoms with van der Waals surface area (Å²) in [5, 5.41) is 3.67. The molecule has 1 aromatic heterocycles. The number of hydrogen-bond acceptors (Lipinski definition) is 2. The van der Waals surface area contributed by atoms with E-state index >= 15 is 0 Å². The minimum atomic E-state index is 0.373. The fraction of sp³-hybridized carbons (Fsp3) is 0.706. The zero-order valence-electron chi connectivity index (χ0n) is 12.7. The van der Waals surface area contributed by atoms with Crippen molar-refractivity contribution in [1.82, 2.24) is 10.3 Å². The highest BCUT2D eigenvalue weighted by Gasteiger charge is 2.44. The number of nitrogens with one attached hydrogen (secondary N) is 1. The summed E-state index contributed by atoms with van der Waals surface area (Å²) in [6.07, 6.45) is 9.26. The molecule has 0 atom stereocenters. The highest BCUT2D eigenvalue weighted by atomic mass is 14.9. The van der Waals surface area contributed by atoms with E-state index in [0.29, 0.717) is 5.41 Å². The van der Waals surface area contributed by atoms with Crippen molar-refractivity contribution in [2.45, 2.75) is 51.9 Å². The van der Waals surface area contributed by atoms with Crippen LogP contribution >= 0.6 is 0 Å². The van der Waals surface area contributed by atoms with Gasteiger partial charge in [-0.15, -0.1) is 0 Å². The molecule has 1 saturated carbocycles. The van der Waals surface area contributed by atoms with E-state index in [-0.39, 0.29) is 0 Å². The Morgan fingerprint density at radius 2 is 2.00 bits per heavy atom. The molecule has 2 heteroatoms. The lowest BCUT2D eigenvalue weighted by molar-refractivity contribution is 0.127. The van der Waals surface area contributed by atoms with Gasteiger partial charge in [-0.3, -0.25) is 4.98 Å². The van der Waals surface area contributed by atoms with Crippen molar-refractivity contribution < 1.29 is 0 Å². The van der Waals surface area contributed by atoms with Gasteiger partial charge in [-0.2, -0.15) is 0 Å². The highest BCUT2D eigenvalue weighted by molar-refractivity contribution is 5.27. The van der Waals surface area contributed by atoms with Crippen molar-refractivity contribution in [3.63, 3.8) is 0 Å². The zero-order valence-corrected chi connectivity index (χ0v) is 12.7. The number of hydrogen-bond donors (Lipinski definition) is 1. The molecule has 1 heterocycles. The lowest BCUT2D eigenvalue weighted by Gasteiger charge is -2.49. The predicted molar refractivity (Wildman–Crippen MR) is 81.3 cm³/mol. The molecule has 0 bridgehead atoms. The molecule has 0 radical (unpaired) electrons. The maximum Gasteiger partial charge on any atom is 0.0270 e. The molecule has 0 saturated heterocycles. The summed E-state index contributed by atoms with van der Waals surface area (Å²) in [6, 6.07) is 4.42. The summed E-state index contributed by atoms with van der Waals surface area (Å²) >= 11 is 0. The van der Waals surface area contributed by atoms with Crippen molar-refractivity contribution in [1.29, 1.82) is 0 Å². The van der Waals surface area contributed by atoms with Crippen molar-refractivity contribution in [2.75, 3.05) is 13.1 Å². The third-order valence-corrected chi connectivity index (χ3v) is 4.36. The lowest BCUT2D eigenvalue weighted by atomic mass is 9.57. The van der Waals surface area contributed by atoms with Gasteiger partial charge >= 0.3 is 0 Å². The van der Waals surface area contributed by atoms with Gasteiger partial charge in [0.1, 0.15) is 0 Å². The summed E-state index contributed by atoms with van der Waals surface area (Å²) in [6.45, 7) is 9.07. The van der Waals surface area contributed by atoms with Gasteiger partial charge in [0.15, 0.2) is 0 Å². The smallest absolute Gasteiger partial charge is 0.0270 e. The molecule has 0 unspecified atom stereocenters. The van der Waals surface area contributed by atoms with E-state index in [1.807, 2.05) is 12.4 Å². The lowest BCUT2D eigenvalue weighted by Crippen LogP contribution is -2.49. The fourth-order valence-corrected chi connectivity index (χ4v) is 3.45. The van der Waals surface area contributed by atoms with E-state index < -0.39 is 0 Å². The second kappa shape index (κ2) is 6.51. The Morgan fingerprint density at radius 3 is 2.58 bits per heavy atom. The quantitative estimate of drug-likeness (QED) is 0.807. The number of pyridine rings is 1. The van der Waals surface area contributed by atoms with Crippen LogP contribution in [-0.2, 0) is 5.41 Å². The predicted octanol–water partition coefficient (Wildman–Crippen LogP) is 3.78. The standard InChI is InChI=1S/C17H28N2/c1-4-5-15-10-17(11-15,13-19-12-14(2)3)16-6-8-18-9-7-16/h6-9,14-15,19H,4-5,10-13H2,1-3H3. The van der Waals surface area contributed by atoms with Crippen LogP contribution in [0, 0.1) is 11.8 Å². The molecular formula is C17H28N2. The first-order valence-electron chi connectivity index (χ1n) is 7.77. The average molecular weight is 260 g/mol. The molecule has 1 aromatic rings. The second-order valence-electron chi connectivity index (χ2n) is 6.60. The fourth-order valence-electron chi connectivity index (χ4n) is 3.45. The summed E-state index contributed by atoms with van der Waals surface area (Å²) in [4.78, 5) is 4.16. The minimum Gasteiger partial charge on any atom is -0.316 e. The Labute approximate surface area is 118 Å². The maximum atomic E-state index is 4.16. The van der Waals surface area contributed by atoms with Crippen molar-refractivity contribution in [3.05, 3.63) is 30.1 Å². The molecule has 19 heavy (non-hydrogen) atoms. The molecule has 1 aliphatic carbocycles. The van der Waals surface area contributed by atoms with Gasteiger partial charge in [-0.25, -0.2) is 0 Å². The molecule has 0 amide bonds. The van der Waals surface area contributed by atoms with Gasteiger partial charge in [0.05, 0.1) is 0 Å². The number of rotatable bonds is 7. The summed E-state index contributed by atoms with van der Waals surface area (Å²) in [5.41, 5.74) is 1.85. The topological polar surface area (TPSA) is 24.9 Å². The molecule has 2 nitrogen and oxygen atoms in total. The Kier molecular flexibility index (Phi) is 4.98. The van der Waals surface area contributed by atoms with Gasteiger partial charge in [0.25, 0.3) is 0 Å². The summed E-state index contributed by atoms with van der Waals surface area (Å²) in [7, 11) is 0. The van der Waals surface area contributed by atoms with Gasteiger partial charge < -0.3 is 5.32 Å². The Morgan fingerprint density at radius 1 is 1.32 bits per heavy atom. The molecule has 1 aliphatic rings. The summed E-state index contributed by atoms with van der Waals surface area (Å²) in [5.74, 6) is 1.65. The van der Waals surface area contributed by atoms with E-state index in [4.69, 9.17) is 0 Å². The first kappa shape index (κ1) is 14.5. The van der Waals surface area contributed by atoms with Crippen LogP contribution in [0.1, 0.15) is 52.0 Å². The highest BCUT2D eigenvalue weighted by Crippen LogP contribution is 2.49. The zero-order chi connectivity index (χ0) is 13.7. The van der Waals surface area contributed by atoms with Crippen LogP contribution in [0.4, 0.5) is 0 Å². The normalized spacial score (nSPS) is 26.4. The molecule has 106 valence electrons. The van der Waals surface area contributed by atoms with Crippen LogP contribution < -0.4 is 5.32 Å². The maximum absolute atomic E-state index is 4.16. The first-order valence-corrected chi connectivity index (χ1v) is 7.77. The molecular weight excluding hydrogens is 232 g/mol. The molecule has 2 rings (SSSR count). The van der Waals surface area contributed by atoms with E-state index in [2.05, 4.69) is 43.2 Å². The molecule has 0 aliphatic heterocycles. The van der Waals surface area contributed by atoms with E-state index in [0.717, 1.165) is 24.9 Å². The Hall–Kier alpha value is -0.890. The number of aromatic nitrogens is 1. The van der Waals surface area contributed by atoms with Crippen LogP contribution in [0.5, 0.6) is 0 Å². The average Bonchev–Trinajstić information content (AvgIpc) is 2.36. The molecule has 1 N–H and O–H groups in total. The van der Waals surface area contributed by atoms with Crippen LogP contribution in [0.3, 0.4) is 0 Å². The van der Waals surface area contributed by atoms with Crippen molar-refractivity contribution >= 4 is 0 Å². The molecule has 1 fully saturated rings. The van der Waals surface area contributed by atoms with Crippen LogP contribution in [0.25, 0.3) is 0 Å². The van der Waals surface area contributed by atoms with Gasteiger partial charge in [0, 0.05) is 24.4 Å². The third kappa shape index (κ3) is 3.56. The second-order valence-corrected chi connectivity index (χ2v) is 6.60. The van der Waals surface area contributed by atoms with Crippen molar-refractivity contribution in [2.24, 2.45) is 11.8 Å². The van der Waals surface area contributed by atoms with Crippen LogP contribution in [0.2, 0.25) is 0 Å². The van der Waals surface area contributed by atoms with Crippen LogP contribution in [-0.4, -0.2) is 18.1 Å². The molecule has 0 aromatic carbocycles. The SMILES string of the molecule is CCCC1CC(CNCC(C)C)(c2ccncc2)C1. The third-order valence-electron chi connectivity index (χ3n) is 4.36. The van der Waals surface area contributed by atoms with E-state index in [1.54, 1.807) is 0 Å². The van der Waals surface area contributed by atoms with Crippen molar-refractivity contribution in [3.8, 4) is 0 Å². The van der Waals surface area contributed by atoms with Gasteiger partial charge in [0.2, 0.25) is 0 Å². The van der Waals surface area contributed by atoms with E-state index in [1.165, 1.54) is 31.2 Å². The Bertz CT molecular complexity index is 366. The Balaban J connectivity index is 1.99. The first-order chi connectivity index (χ1) is 9.16. The summed E-state index contributed by atoms with van der Waals surface area (Å²) < 4.78 is 0. The number of nitrogens with zero attached hydrogens (tertiary/aromatic N) is 1. The van der Waals surface area contributed by atoms with Gasteiger partial charge in [-0.1, -0.05) is 33.6 Å². The minimum absolute atomic E-state index is 0.373. The van der Waals surface area contributed by atoms with Crippen LogP contribution in [0.15, 0.2) is 24.5 Å². The van der Waals surface area contributed by atoms with E-state index in [9.17, 15) is 0 Å². The largest absolute Gasteiger partial charge is 0.316 e.